The van der Waals surface area contributed by atoms with Crippen LogP contribution in [0.2, 0.25) is 0 Å². The van der Waals surface area contributed by atoms with Crippen molar-refractivity contribution < 1.29 is 0 Å². The van der Waals surface area contributed by atoms with E-state index >= 15 is 0 Å². The molecule has 0 unspecified atom stereocenters. The summed E-state index contributed by atoms with van der Waals surface area (Å²) < 4.78 is 0. The van der Waals surface area contributed by atoms with Gasteiger partial charge in [-0.15, -0.1) is 46.7 Å². The van der Waals surface area contributed by atoms with Crippen molar-refractivity contribution in [1.29, 1.82) is 0 Å². The van der Waals surface area contributed by atoms with E-state index in [0.717, 1.165) is 46.6 Å². The maximum Gasteiger partial charge on any atom is 0.191 e. The second kappa shape index (κ2) is 11.4. The molecule has 2 aromatic heterocycles. The van der Waals surface area contributed by atoms with E-state index in [1.807, 2.05) is 24.4 Å². The molecule has 2 heterocycles. The molecule has 0 bridgehead atoms. The second-order valence-corrected chi connectivity index (χ2v) is 7.74. The van der Waals surface area contributed by atoms with Gasteiger partial charge in [-0.2, -0.15) is 0 Å². The van der Waals surface area contributed by atoms with E-state index in [1.54, 1.807) is 29.7 Å². The molecule has 0 saturated carbocycles. The predicted octanol–water partition coefficient (Wildman–Crippen LogP) is 4.35. The van der Waals surface area contributed by atoms with Crippen LogP contribution in [-0.2, 0) is 19.4 Å². The maximum atomic E-state index is 4.69. The Morgan fingerprint density at radius 2 is 2.00 bits per heavy atom. The first-order chi connectivity index (χ1) is 12.8. The van der Waals surface area contributed by atoms with E-state index in [2.05, 4.69) is 45.0 Å². The minimum atomic E-state index is 0. The highest BCUT2D eigenvalue weighted by Crippen LogP contribution is 2.23. The van der Waals surface area contributed by atoms with Crippen molar-refractivity contribution in [3.63, 3.8) is 0 Å². The van der Waals surface area contributed by atoms with Crippen LogP contribution in [0.1, 0.15) is 22.5 Å². The number of aryl methyl sites for hydroxylation is 1. The number of aromatic nitrogens is 2. The van der Waals surface area contributed by atoms with Crippen molar-refractivity contribution in [2.75, 3.05) is 13.6 Å². The largest absolute Gasteiger partial charge is 0.356 e. The highest BCUT2D eigenvalue weighted by molar-refractivity contribution is 14.0. The average molecular weight is 513 g/mol. The van der Waals surface area contributed by atoms with Crippen LogP contribution < -0.4 is 10.6 Å². The Labute approximate surface area is 185 Å². The van der Waals surface area contributed by atoms with Gasteiger partial charge in [0.05, 0.1) is 17.2 Å². The molecule has 1 aromatic carbocycles. The van der Waals surface area contributed by atoms with Gasteiger partial charge in [0.15, 0.2) is 5.96 Å². The molecule has 0 aliphatic carbocycles. The number of nitrogens with zero attached hydrogens (tertiary/aromatic N) is 3. The maximum absolute atomic E-state index is 4.69. The summed E-state index contributed by atoms with van der Waals surface area (Å²) in [6, 6.07) is 10.3. The Bertz CT molecular complexity index is 845. The van der Waals surface area contributed by atoms with Crippen LogP contribution in [0, 0.1) is 0 Å². The van der Waals surface area contributed by atoms with Crippen LogP contribution in [0.25, 0.3) is 10.6 Å². The van der Waals surface area contributed by atoms with Crippen LogP contribution in [0.5, 0.6) is 0 Å². The summed E-state index contributed by atoms with van der Waals surface area (Å²) in [4.78, 5) is 14.7. The lowest BCUT2D eigenvalue weighted by Gasteiger charge is -2.10. The predicted molar refractivity (Wildman–Crippen MR) is 126 cm³/mol. The van der Waals surface area contributed by atoms with Crippen molar-refractivity contribution in [2.24, 2.45) is 4.99 Å². The van der Waals surface area contributed by atoms with E-state index < -0.39 is 0 Å². The van der Waals surface area contributed by atoms with E-state index in [0.29, 0.717) is 6.54 Å². The quantitative estimate of drug-likeness (QED) is 0.280. The van der Waals surface area contributed by atoms with Gasteiger partial charge in [-0.3, -0.25) is 4.99 Å². The average Bonchev–Trinajstić information content (AvgIpc) is 3.34. The summed E-state index contributed by atoms with van der Waals surface area (Å²) >= 11 is 3.45. The van der Waals surface area contributed by atoms with Gasteiger partial charge in [-0.1, -0.05) is 37.3 Å². The van der Waals surface area contributed by atoms with Gasteiger partial charge < -0.3 is 10.6 Å². The fourth-order valence-corrected chi connectivity index (χ4v) is 4.10. The van der Waals surface area contributed by atoms with Crippen LogP contribution in [0.3, 0.4) is 0 Å². The molecule has 2 N–H and O–H groups in total. The van der Waals surface area contributed by atoms with Crippen molar-refractivity contribution in [1.82, 2.24) is 20.6 Å². The second-order valence-electron chi connectivity index (χ2n) is 5.69. The summed E-state index contributed by atoms with van der Waals surface area (Å²) in [6.45, 7) is 3.62. The minimum absolute atomic E-state index is 0. The number of halogens is 1. The fourth-order valence-electron chi connectivity index (χ4n) is 2.41. The molecule has 0 fully saturated rings. The van der Waals surface area contributed by atoms with Crippen LogP contribution >= 0.6 is 46.7 Å². The third-order valence-corrected chi connectivity index (χ3v) is 5.96. The van der Waals surface area contributed by atoms with Crippen molar-refractivity contribution in [2.45, 2.75) is 26.3 Å². The normalized spacial score (nSPS) is 11.1. The number of hydrogen-bond acceptors (Lipinski definition) is 5. The molecule has 0 atom stereocenters. The molecule has 3 aromatic rings. The first-order valence-electron chi connectivity index (χ1n) is 8.66. The van der Waals surface area contributed by atoms with Crippen LogP contribution in [0.4, 0.5) is 0 Å². The highest BCUT2D eigenvalue weighted by atomic mass is 127. The molecule has 0 aliphatic rings. The molecule has 5 nitrogen and oxygen atoms in total. The van der Waals surface area contributed by atoms with Gasteiger partial charge >= 0.3 is 0 Å². The fraction of sp³-hybridized carbons (Fsp3) is 0.316. The van der Waals surface area contributed by atoms with Gasteiger partial charge in [0.25, 0.3) is 0 Å². The summed E-state index contributed by atoms with van der Waals surface area (Å²) in [7, 11) is 1.78. The van der Waals surface area contributed by atoms with Gasteiger partial charge in [-0.05, 0) is 6.42 Å². The van der Waals surface area contributed by atoms with E-state index in [4.69, 9.17) is 4.98 Å². The SMILES string of the molecule is CCc1cnc(CCNC(=NC)NCc2csc(-c3ccccc3)n2)s1.I. The number of benzene rings is 1. The first-order valence-corrected chi connectivity index (χ1v) is 10.4. The molecular weight excluding hydrogens is 489 g/mol. The van der Waals surface area contributed by atoms with Crippen molar-refractivity contribution >= 4 is 52.6 Å². The van der Waals surface area contributed by atoms with Gasteiger partial charge in [0.1, 0.15) is 5.01 Å². The van der Waals surface area contributed by atoms with E-state index in [1.165, 1.54) is 4.88 Å². The number of hydrogen-bond donors (Lipinski definition) is 2. The van der Waals surface area contributed by atoms with Crippen molar-refractivity contribution in [3.05, 3.63) is 57.5 Å². The molecule has 0 saturated heterocycles. The molecule has 0 radical (unpaired) electrons. The van der Waals surface area contributed by atoms with E-state index in [-0.39, 0.29) is 24.0 Å². The molecular formula is C19H24IN5S2. The Hall–Kier alpha value is -1.52. The summed E-state index contributed by atoms with van der Waals surface area (Å²) in [6.07, 6.45) is 3.92. The standard InChI is InChI=1S/C19H23N5S2.HI/c1-3-16-12-22-17(26-16)9-10-21-19(20-2)23-11-15-13-25-18(24-15)14-7-5-4-6-8-14;/h4-8,12-13H,3,9-11H2,1-2H3,(H2,20,21,23);1H. The minimum Gasteiger partial charge on any atom is -0.356 e. The topological polar surface area (TPSA) is 62.2 Å². The zero-order valence-corrected chi connectivity index (χ0v) is 19.4. The molecule has 0 amide bonds. The zero-order valence-electron chi connectivity index (χ0n) is 15.4. The lowest BCUT2D eigenvalue weighted by atomic mass is 10.2. The Balaban J connectivity index is 0.00000261. The number of aliphatic imine (C=N–C) groups is 1. The number of nitrogens with one attached hydrogen (secondary N) is 2. The summed E-state index contributed by atoms with van der Waals surface area (Å²) in [5.74, 6) is 0.784. The van der Waals surface area contributed by atoms with Gasteiger partial charge in [-0.25, -0.2) is 9.97 Å². The number of thiazole rings is 2. The summed E-state index contributed by atoms with van der Waals surface area (Å²) in [5, 5.41) is 10.9. The molecule has 144 valence electrons. The highest BCUT2D eigenvalue weighted by Gasteiger charge is 2.06. The smallest absolute Gasteiger partial charge is 0.191 e. The molecule has 0 spiro atoms. The first kappa shape index (κ1) is 21.8. The number of guanidine groups is 1. The molecule has 27 heavy (non-hydrogen) atoms. The van der Waals surface area contributed by atoms with Crippen LogP contribution in [0.15, 0.2) is 46.9 Å². The molecule has 3 rings (SSSR count). The van der Waals surface area contributed by atoms with Gasteiger partial charge in [0.2, 0.25) is 0 Å². The third-order valence-electron chi connectivity index (χ3n) is 3.81. The zero-order chi connectivity index (χ0) is 18.2. The molecule has 8 heteroatoms. The lowest BCUT2D eigenvalue weighted by Crippen LogP contribution is -2.37. The lowest BCUT2D eigenvalue weighted by molar-refractivity contribution is 0.784. The van der Waals surface area contributed by atoms with Crippen molar-refractivity contribution in [3.8, 4) is 10.6 Å². The monoisotopic (exact) mass is 513 g/mol. The Kier molecular flexibility index (Phi) is 9.16. The van der Waals surface area contributed by atoms with Crippen LogP contribution in [-0.4, -0.2) is 29.5 Å². The Morgan fingerprint density at radius 1 is 1.19 bits per heavy atom. The Morgan fingerprint density at radius 3 is 2.70 bits per heavy atom. The summed E-state index contributed by atoms with van der Waals surface area (Å²) in [5.41, 5.74) is 2.17. The van der Waals surface area contributed by atoms with E-state index in [9.17, 15) is 0 Å². The third kappa shape index (κ3) is 6.54. The molecule has 0 aliphatic heterocycles. The number of rotatable bonds is 7. The van der Waals surface area contributed by atoms with Gasteiger partial charge in [0, 0.05) is 42.0 Å².